The highest BCUT2D eigenvalue weighted by Crippen LogP contribution is 2.25. The molecule has 1 aromatic carbocycles. The molecule has 20 heavy (non-hydrogen) atoms. The SMILES string of the molecule is NC(C=O)CC(O)(Cc1c[nH]c2ccccc12)C(=O)O. The van der Waals surface area contributed by atoms with Crippen LogP contribution in [-0.2, 0) is 16.0 Å². The van der Waals surface area contributed by atoms with Gasteiger partial charge in [0, 0.05) is 29.9 Å². The molecular weight excluding hydrogens is 260 g/mol. The van der Waals surface area contributed by atoms with Crippen molar-refractivity contribution in [3.63, 3.8) is 0 Å². The van der Waals surface area contributed by atoms with Crippen molar-refractivity contribution in [1.82, 2.24) is 4.98 Å². The summed E-state index contributed by atoms with van der Waals surface area (Å²) in [5.41, 5.74) is 4.90. The quantitative estimate of drug-likeness (QED) is 0.571. The largest absolute Gasteiger partial charge is 0.479 e. The summed E-state index contributed by atoms with van der Waals surface area (Å²) in [5.74, 6) is -1.39. The first-order valence-corrected chi connectivity index (χ1v) is 6.18. The van der Waals surface area contributed by atoms with Crippen LogP contribution < -0.4 is 5.73 Å². The predicted molar refractivity (Wildman–Crippen MR) is 73.2 cm³/mol. The maximum Gasteiger partial charge on any atom is 0.336 e. The van der Waals surface area contributed by atoms with Crippen molar-refractivity contribution in [3.8, 4) is 0 Å². The van der Waals surface area contributed by atoms with Gasteiger partial charge in [-0.2, -0.15) is 0 Å². The standard InChI is InChI=1S/C14H16N2O4/c15-10(8-17)6-14(20,13(18)19)5-9-7-16-12-4-2-1-3-11(9)12/h1-4,7-8,10,16,20H,5-6,15H2,(H,18,19). The lowest BCUT2D eigenvalue weighted by atomic mass is 9.88. The van der Waals surface area contributed by atoms with Crippen LogP contribution in [-0.4, -0.2) is 39.1 Å². The van der Waals surface area contributed by atoms with E-state index in [2.05, 4.69) is 4.98 Å². The number of nitrogens with one attached hydrogen (secondary N) is 1. The van der Waals surface area contributed by atoms with Crippen molar-refractivity contribution in [2.24, 2.45) is 5.73 Å². The van der Waals surface area contributed by atoms with Gasteiger partial charge < -0.3 is 25.7 Å². The molecule has 0 aliphatic rings. The first-order valence-electron chi connectivity index (χ1n) is 6.18. The molecule has 1 aromatic heterocycles. The molecule has 6 heteroatoms. The summed E-state index contributed by atoms with van der Waals surface area (Å²) in [5, 5.41) is 20.3. The number of nitrogens with two attached hydrogens (primary N) is 1. The Labute approximate surface area is 115 Å². The number of hydrogen-bond acceptors (Lipinski definition) is 4. The molecule has 0 spiro atoms. The molecule has 0 amide bonds. The number of rotatable bonds is 6. The van der Waals surface area contributed by atoms with Gasteiger partial charge in [0.05, 0.1) is 6.04 Å². The normalized spacial score (nSPS) is 15.7. The number of hydrogen-bond donors (Lipinski definition) is 4. The van der Waals surface area contributed by atoms with Gasteiger partial charge in [-0.3, -0.25) is 0 Å². The summed E-state index contributed by atoms with van der Waals surface area (Å²) in [4.78, 5) is 24.9. The summed E-state index contributed by atoms with van der Waals surface area (Å²) >= 11 is 0. The Kier molecular flexibility index (Phi) is 3.87. The van der Waals surface area contributed by atoms with Gasteiger partial charge in [0.25, 0.3) is 0 Å². The number of fused-ring (bicyclic) bond motifs is 1. The number of carbonyl (C=O) groups is 2. The van der Waals surface area contributed by atoms with Gasteiger partial charge in [0.1, 0.15) is 6.29 Å². The average molecular weight is 276 g/mol. The second-order valence-electron chi connectivity index (χ2n) is 4.88. The minimum atomic E-state index is -2.06. The fraction of sp³-hybridized carbons (Fsp3) is 0.286. The van der Waals surface area contributed by atoms with Gasteiger partial charge in [0.2, 0.25) is 0 Å². The lowest BCUT2D eigenvalue weighted by Gasteiger charge is -2.24. The predicted octanol–water partition coefficient (Wildman–Crippen LogP) is 0.442. The van der Waals surface area contributed by atoms with Gasteiger partial charge in [-0.25, -0.2) is 4.79 Å². The molecule has 2 atom stereocenters. The molecule has 0 fully saturated rings. The Morgan fingerprint density at radius 2 is 2.15 bits per heavy atom. The number of aromatic amines is 1. The Morgan fingerprint density at radius 1 is 1.45 bits per heavy atom. The first-order chi connectivity index (χ1) is 9.46. The average Bonchev–Trinajstić information content (AvgIpc) is 2.81. The van der Waals surface area contributed by atoms with Crippen LogP contribution in [0, 0.1) is 0 Å². The Bertz CT molecular complexity index is 637. The van der Waals surface area contributed by atoms with Crippen LogP contribution in [0.4, 0.5) is 0 Å². The van der Waals surface area contributed by atoms with Crippen molar-refractivity contribution >= 4 is 23.2 Å². The smallest absolute Gasteiger partial charge is 0.336 e. The van der Waals surface area contributed by atoms with E-state index < -0.39 is 17.6 Å². The molecular formula is C14H16N2O4. The third-order valence-electron chi connectivity index (χ3n) is 3.30. The van der Waals surface area contributed by atoms with E-state index in [1.54, 1.807) is 6.20 Å². The zero-order chi connectivity index (χ0) is 14.8. The third kappa shape index (κ3) is 2.71. The molecule has 2 unspecified atom stereocenters. The summed E-state index contributed by atoms with van der Waals surface area (Å²) in [6.07, 6.45) is 1.65. The fourth-order valence-corrected chi connectivity index (χ4v) is 2.27. The molecule has 1 heterocycles. The molecule has 5 N–H and O–H groups in total. The number of carboxylic acid groups (broad SMARTS) is 1. The van der Waals surface area contributed by atoms with Gasteiger partial charge in [-0.1, -0.05) is 18.2 Å². The number of para-hydroxylation sites is 1. The second-order valence-corrected chi connectivity index (χ2v) is 4.88. The highest BCUT2D eigenvalue weighted by Gasteiger charge is 2.38. The van der Waals surface area contributed by atoms with Crippen molar-refractivity contribution in [2.45, 2.75) is 24.5 Å². The number of aldehydes is 1. The van der Waals surface area contributed by atoms with E-state index >= 15 is 0 Å². The Morgan fingerprint density at radius 3 is 2.80 bits per heavy atom. The number of carbonyl (C=O) groups excluding carboxylic acids is 1. The number of aliphatic carboxylic acids is 1. The topological polar surface area (TPSA) is 116 Å². The molecule has 6 nitrogen and oxygen atoms in total. The molecule has 106 valence electrons. The van der Waals surface area contributed by atoms with E-state index in [1.807, 2.05) is 24.3 Å². The zero-order valence-corrected chi connectivity index (χ0v) is 10.7. The van der Waals surface area contributed by atoms with Crippen LogP contribution in [0.5, 0.6) is 0 Å². The summed E-state index contributed by atoms with van der Waals surface area (Å²) in [6, 6.07) is 6.37. The van der Waals surface area contributed by atoms with Gasteiger partial charge >= 0.3 is 5.97 Å². The zero-order valence-electron chi connectivity index (χ0n) is 10.7. The Balaban J connectivity index is 2.32. The molecule has 2 rings (SSSR count). The number of carboxylic acids is 1. The van der Waals surface area contributed by atoms with Gasteiger partial charge in [-0.15, -0.1) is 0 Å². The van der Waals surface area contributed by atoms with E-state index in [4.69, 9.17) is 5.73 Å². The molecule has 0 bridgehead atoms. The van der Waals surface area contributed by atoms with Gasteiger partial charge in [0.15, 0.2) is 5.60 Å². The molecule has 0 aliphatic heterocycles. The summed E-state index contributed by atoms with van der Waals surface area (Å²) in [7, 11) is 0. The van der Waals surface area contributed by atoms with Crippen LogP contribution >= 0.6 is 0 Å². The van der Waals surface area contributed by atoms with Crippen LogP contribution in [0.15, 0.2) is 30.5 Å². The summed E-state index contributed by atoms with van der Waals surface area (Å²) < 4.78 is 0. The van der Waals surface area contributed by atoms with E-state index in [9.17, 15) is 19.8 Å². The van der Waals surface area contributed by atoms with Crippen LogP contribution in [0.1, 0.15) is 12.0 Å². The minimum Gasteiger partial charge on any atom is -0.479 e. The van der Waals surface area contributed by atoms with Crippen LogP contribution in [0.3, 0.4) is 0 Å². The molecule has 0 aliphatic carbocycles. The maximum absolute atomic E-state index is 11.3. The highest BCUT2D eigenvalue weighted by molar-refractivity contribution is 5.85. The first kappa shape index (κ1) is 14.2. The molecule has 0 saturated heterocycles. The van der Waals surface area contributed by atoms with Crippen LogP contribution in [0.2, 0.25) is 0 Å². The maximum atomic E-state index is 11.3. The van der Waals surface area contributed by atoms with E-state index in [-0.39, 0.29) is 12.8 Å². The fourth-order valence-electron chi connectivity index (χ4n) is 2.27. The number of aromatic nitrogens is 1. The highest BCUT2D eigenvalue weighted by atomic mass is 16.4. The lowest BCUT2D eigenvalue weighted by Crippen LogP contribution is -2.46. The van der Waals surface area contributed by atoms with Crippen molar-refractivity contribution in [2.75, 3.05) is 0 Å². The summed E-state index contributed by atoms with van der Waals surface area (Å²) in [6.45, 7) is 0. The van der Waals surface area contributed by atoms with E-state index in [0.29, 0.717) is 11.8 Å². The number of H-pyrrole nitrogens is 1. The molecule has 2 aromatic rings. The Hall–Kier alpha value is -2.18. The van der Waals surface area contributed by atoms with E-state index in [0.717, 1.165) is 10.9 Å². The van der Waals surface area contributed by atoms with Crippen molar-refractivity contribution in [1.29, 1.82) is 0 Å². The third-order valence-corrected chi connectivity index (χ3v) is 3.30. The molecule has 0 radical (unpaired) electrons. The number of benzene rings is 1. The van der Waals surface area contributed by atoms with Gasteiger partial charge in [-0.05, 0) is 11.6 Å². The van der Waals surface area contributed by atoms with Crippen molar-refractivity contribution < 1.29 is 19.8 Å². The number of aliphatic hydroxyl groups is 1. The van der Waals surface area contributed by atoms with Crippen molar-refractivity contribution in [3.05, 3.63) is 36.0 Å². The minimum absolute atomic E-state index is 0.117. The monoisotopic (exact) mass is 276 g/mol. The molecule has 0 saturated carbocycles. The lowest BCUT2D eigenvalue weighted by molar-refractivity contribution is -0.159. The second kappa shape index (κ2) is 5.44. The van der Waals surface area contributed by atoms with E-state index in [1.165, 1.54) is 0 Å². The van der Waals surface area contributed by atoms with Crippen LogP contribution in [0.25, 0.3) is 10.9 Å².